The second-order valence-electron chi connectivity index (χ2n) is 3.96. The Kier molecular flexibility index (Phi) is 7.01. The maximum absolute atomic E-state index is 6.06. The molecule has 0 aliphatic carbocycles. The Morgan fingerprint density at radius 1 is 1.44 bits per heavy atom. The molecule has 0 saturated carbocycles. The van der Waals surface area contributed by atoms with E-state index >= 15 is 0 Å². The van der Waals surface area contributed by atoms with Crippen LogP contribution in [0.15, 0.2) is 24.3 Å². The molecule has 0 spiro atoms. The first-order valence-corrected chi connectivity index (χ1v) is 11.4. The van der Waals surface area contributed by atoms with Crippen molar-refractivity contribution in [2.45, 2.75) is 26.8 Å². The fraction of sp³-hybridized carbons (Fsp3) is 0.455. The normalized spacial score (nSPS) is 14.8. The highest BCUT2D eigenvalue weighted by atomic mass is 79.9. The molecular weight excluding hydrogens is 373 g/mol. The smallest absolute Gasteiger partial charge is 0.191 e. The summed E-state index contributed by atoms with van der Waals surface area (Å²) in [5.41, 5.74) is 0. The first kappa shape index (κ1) is 16.8. The Bertz CT molecular complexity index is 430. The Morgan fingerprint density at radius 3 is 2.39 bits per heavy atom. The van der Waals surface area contributed by atoms with E-state index in [1.807, 2.05) is 24.3 Å². The van der Waals surface area contributed by atoms with Gasteiger partial charge in [-0.05, 0) is 49.9 Å². The molecule has 0 radical (unpaired) electrons. The Balaban J connectivity index is 2.95. The Hall–Kier alpha value is 0.750. The van der Waals surface area contributed by atoms with Crippen LogP contribution in [-0.4, -0.2) is 16.3 Å². The van der Waals surface area contributed by atoms with Crippen molar-refractivity contribution in [3.05, 3.63) is 29.3 Å². The minimum Gasteiger partial charge on any atom is -0.452 e. The van der Waals surface area contributed by atoms with Crippen LogP contribution in [0.3, 0.4) is 0 Å². The highest BCUT2D eigenvalue weighted by molar-refractivity contribution is 9.50. The summed E-state index contributed by atoms with van der Waals surface area (Å²) in [6.45, 7) is 6.28. The highest BCUT2D eigenvalue weighted by Crippen LogP contribution is 2.56. The molecule has 0 aliphatic heterocycles. The van der Waals surface area contributed by atoms with Crippen LogP contribution in [0.1, 0.15) is 20.8 Å². The number of rotatable bonds is 6. The van der Waals surface area contributed by atoms with Crippen molar-refractivity contribution in [3.8, 4) is 5.75 Å². The van der Waals surface area contributed by atoms with Crippen LogP contribution in [0.25, 0.3) is 0 Å². The number of benzene rings is 1. The zero-order chi connectivity index (χ0) is 13.8. The molecule has 1 aromatic carbocycles. The Labute approximate surface area is 131 Å². The summed E-state index contributed by atoms with van der Waals surface area (Å²) in [7, 11) is 1.47. The number of nitrogens with zero attached hydrogens (tertiary/aromatic N) is 1. The van der Waals surface area contributed by atoms with Gasteiger partial charge in [0.25, 0.3) is 0 Å². The van der Waals surface area contributed by atoms with Crippen LogP contribution in [0, 0.1) is 0 Å². The Morgan fingerprint density at radius 2 is 2.00 bits per heavy atom. The minimum atomic E-state index is -2.06. The molecule has 18 heavy (non-hydrogen) atoms. The lowest BCUT2D eigenvalue weighted by Gasteiger charge is -2.34. The van der Waals surface area contributed by atoms with Gasteiger partial charge in [0, 0.05) is 42.4 Å². The minimum absolute atomic E-state index is 0.312. The van der Waals surface area contributed by atoms with Crippen molar-refractivity contribution < 1.29 is 4.52 Å². The van der Waals surface area contributed by atoms with Crippen molar-refractivity contribution in [1.29, 1.82) is 0 Å². The molecule has 1 unspecified atom stereocenters. The molecule has 7 heteroatoms. The van der Waals surface area contributed by atoms with Gasteiger partial charge in [-0.15, -0.1) is 0 Å². The fourth-order valence-corrected chi connectivity index (χ4v) is 8.92. The van der Waals surface area contributed by atoms with Gasteiger partial charge in [-0.3, -0.25) is 0 Å². The van der Waals surface area contributed by atoms with Crippen LogP contribution in [0.2, 0.25) is 5.02 Å². The van der Waals surface area contributed by atoms with Crippen LogP contribution in [0.5, 0.6) is 5.75 Å². The molecule has 0 bridgehead atoms. The molecule has 0 aromatic heterocycles. The summed E-state index contributed by atoms with van der Waals surface area (Å²) in [6.07, 6.45) is -1.26. The fourth-order valence-electron chi connectivity index (χ4n) is 1.38. The van der Waals surface area contributed by atoms with E-state index in [0.29, 0.717) is 11.1 Å². The average Bonchev–Trinajstić information content (AvgIpc) is 2.32. The topological polar surface area (TPSA) is 12.5 Å². The van der Waals surface area contributed by atoms with Gasteiger partial charge in [-0.1, -0.05) is 18.5 Å². The standard InChI is InChI=1S/C11H16BrClNOPS2/c1-4-16(17,14(18-12)9(2)3)15-11-7-5-10(13)6-8-11/h5-9H,4H2,1-3H3. The summed E-state index contributed by atoms with van der Waals surface area (Å²) in [6, 6.07) is 7.65. The second kappa shape index (κ2) is 7.51. The van der Waals surface area contributed by atoms with Crippen molar-refractivity contribution >= 4 is 55.0 Å². The highest BCUT2D eigenvalue weighted by Gasteiger charge is 2.29. The quantitative estimate of drug-likeness (QED) is 0.456. The molecule has 1 rings (SSSR count). The lowest BCUT2D eigenvalue weighted by molar-refractivity contribution is 0.507. The van der Waals surface area contributed by atoms with Crippen LogP contribution < -0.4 is 4.52 Å². The molecule has 0 N–H and O–H groups in total. The summed E-state index contributed by atoms with van der Waals surface area (Å²) < 4.78 is 8.18. The molecule has 0 fully saturated rings. The molecule has 102 valence electrons. The van der Waals surface area contributed by atoms with Gasteiger partial charge >= 0.3 is 0 Å². The third kappa shape index (κ3) is 4.39. The van der Waals surface area contributed by atoms with Crippen molar-refractivity contribution in [1.82, 2.24) is 4.08 Å². The molecule has 0 aliphatic rings. The van der Waals surface area contributed by atoms with Crippen molar-refractivity contribution in [3.63, 3.8) is 0 Å². The van der Waals surface area contributed by atoms with E-state index in [1.165, 1.54) is 10.4 Å². The molecule has 0 amide bonds. The largest absolute Gasteiger partial charge is 0.452 e. The molecule has 1 atom stereocenters. The SMILES string of the molecule is CCP(=S)(Oc1ccc(Cl)cc1)N(SBr)C(C)C. The first-order valence-electron chi connectivity index (χ1n) is 5.55. The third-order valence-corrected chi connectivity index (χ3v) is 9.93. The lowest BCUT2D eigenvalue weighted by atomic mass is 10.3. The van der Waals surface area contributed by atoms with Gasteiger partial charge in [0.2, 0.25) is 0 Å². The second-order valence-corrected chi connectivity index (χ2v) is 10.3. The third-order valence-electron chi connectivity index (χ3n) is 2.27. The van der Waals surface area contributed by atoms with Crippen molar-refractivity contribution in [2.24, 2.45) is 0 Å². The van der Waals surface area contributed by atoms with E-state index < -0.39 is 6.42 Å². The predicted octanol–water partition coefficient (Wildman–Crippen LogP) is 5.72. The summed E-state index contributed by atoms with van der Waals surface area (Å²) in [5.74, 6) is 0.775. The van der Waals surface area contributed by atoms with Gasteiger partial charge in [0.15, 0.2) is 6.42 Å². The maximum Gasteiger partial charge on any atom is 0.191 e. The number of hydrogen-bond donors (Lipinski definition) is 0. The van der Waals surface area contributed by atoms with Gasteiger partial charge < -0.3 is 4.52 Å². The van der Waals surface area contributed by atoms with Gasteiger partial charge in [-0.2, -0.15) is 4.08 Å². The van der Waals surface area contributed by atoms with Crippen molar-refractivity contribution in [2.75, 3.05) is 6.16 Å². The summed E-state index contributed by atoms with van der Waals surface area (Å²) >= 11 is 15.0. The van der Waals surface area contributed by atoms with E-state index in [-0.39, 0.29) is 0 Å². The monoisotopic (exact) mass is 387 g/mol. The average molecular weight is 389 g/mol. The van der Waals surface area contributed by atoms with Crippen LogP contribution in [0.4, 0.5) is 0 Å². The van der Waals surface area contributed by atoms with Crippen LogP contribution in [-0.2, 0) is 11.8 Å². The molecule has 0 heterocycles. The van der Waals surface area contributed by atoms with Crippen LogP contribution >= 0.6 is 43.2 Å². The number of halogens is 2. The zero-order valence-electron chi connectivity index (χ0n) is 10.5. The van der Waals surface area contributed by atoms with E-state index in [9.17, 15) is 0 Å². The zero-order valence-corrected chi connectivity index (χ0v) is 15.3. The van der Waals surface area contributed by atoms with E-state index in [4.69, 9.17) is 27.9 Å². The van der Waals surface area contributed by atoms with E-state index in [1.54, 1.807) is 0 Å². The molecule has 2 nitrogen and oxygen atoms in total. The van der Waals surface area contributed by atoms with Gasteiger partial charge in [0.1, 0.15) is 5.75 Å². The molecule has 1 aromatic rings. The first-order chi connectivity index (χ1) is 8.42. The summed E-state index contributed by atoms with van der Waals surface area (Å²) in [4.78, 5) is 0. The van der Waals surface area contributed by atoms with Gasteiger partial charge in [0.05, 0.1) is 0 Å². The predicted molar refractivity (Wildman–Crippen MR) is 90.4 cm³/mol. The molecule has 0 saturated heterocycles. The maximum atomic E-state index is 6.06. The lowest BCUT2D eigenvalue weighted by Crippen LogP contribution is -2.23. The van der Waals surface area contributed by atoms with E-state index in [2.05, 4.69) is 39.7 Å². The number of hydrogen-bond acceptors (Lipinski definition) is 3. The van der Waals surface area contributed by atoms with E-state index in [0.717, 1.165) is 11.9 Å². The summed E-state index contributed by atoms with van der Waals surface area (Å²) in [5, 5.41) is 0.697. The molecular formula is C11H16BrClNOPS2. The van der Waals surface area contributed by atoms with Gasteiger partial charge in [-0.25, -0.2) is 0 Å².